The Morgan fingerprint density at radius 1 is 0.0690 bits per heavy atom. The first-order valence-electron chi connectivity index (χ1n) is 42.9. The molecule has 28 aliphatic carbocycles. The van der Waals surface area contributed by atoms with Crippen molar-refractivity contribution >= 4 is 0 Å². The van der Waals surface area contributed by atoms with Crippen LogP contribution < -0.4 is 0 Å². The van der Waals surface area contributed by atoms with Crippen molar-refractivity contribution in [2.75, 3.05) is 0 Å². The predicted molar refractivity (Wildman–Crippen MR) is 377 cm³/mol. The summed E-state index contributed by atoms with van der Waals surface area (Å²) in [4.78, 5) is 0. The molecule has 6 unspecified atom stereocenters. The smallest absolute Gasteiger partial charge is 0.0406 e. The molecule has 0 spiro atoms. The summed E-state index contributed by atoms with van der Waals surface area (Å²) >= 11 is 0. The highest BCUT2D eigenvalue weighted by Crippen LogP contribution is 2.53. The molecule has 0 radical (unpaired) electrons. The molecule has 0 aromatic heterocycles. The first-order chi connectivity index (χ1) is 42.9. The molecule has 0 saturated heterocycles. The lowest BCUT2D eigenvalue weighted by Crippen LogP contribution is -2.38. The van der Waals surface area contributed by atoms with E-state index in [9.17, 15) is 0 Å². The Morgan fingerprint density at radius 3 is 0.333 bits per heavy atom. The Bertz CT molecular complexity index is 1600. The highest BCUT2D eigenvalue weighted by Gasteiger charge is 2.41. The van der Waals surface area contributed by atoms with Crippen molar-refractivity contribution in [3.63, 3.8) is 0 Å². The molecule has 87 heavy (non-hydrogen) atoms. The van der Waals surface area contributed by atoms with Crippen LogP contribution in [0.1, 0.15) is 417 Å². The van der Waals surface area contributed by atoms with E-state index in [0.29, 0.717) is 0 Å². The van der Waals surface area contributed by atoms with Gasteiger partial charge in [0.25, 0.3) is 0 Å². The summed E-state index contributed by atoms with van der Waals surface area (Å²) in [5.74, 6) is 25.6. The maximum absolute atomic E-state index is 1.58. The summed E-state index contributed by atoms with van der Waals surface area (Å²) in [5.41, 5.74) is 0. The van der Waals surface area contributed by atoms with Crippen molar-refractivity contribution in [3.8, 4) is 0 Å². The Balaban J connectivity index is 0.0000000937. The van der Waals surface area contributed by atoms with Gasteiger partial charge in [0.1, 0.15) is 0 Å². The monoisotopic (exact) mass is 1200 g/mol. The second-order valence-electron chi connectivity index (χ2n) is 37.9. The predicted octanol–water partition coefficient (Wildman–Crippen LogP) is 28.1. The molecule has 28 rings (SSSR count). The third kappa shape index (κ3) is 22.6. The molecule has 6 atom stereocenters. The first-order valence-corrected chi connectivity index (χ1v) is 42.9. The molecular formula is C87H152. The second kappa shape index (κ2) is 36.2. The Morgan fingerprint density at radius 2 is 0.161 bits per heavy atom. The molecule has 0 aliphatic heterocycles. The largest absolute Gasteiger partial charge is 0.0530 e. The maximum Gasteiger partial charge on any atom is -0.0406 e. The summed E-state index contributed by atoms with van der Waals surface area (Å²) in [5, 5.41) is 0. The van der Waals surface area contributed by atoms with Gasteiger partial charge in [-0.15, -0.1) is 0 Å². The first kappa shape index (κ1) is 67.0. The summed E-state index contributed by atoms with van der Waals surface area (Å²) in [6.07, 6.45) is 101. The molecule has 28 fully saturated rings. The van der Waals surface area contributed by atoms with Gasteiger partial charge in [-0.3, -0.25) is 0 Å². The van der Waals surface area contributed by atoms with E-state index in [2.05, 4.69) is 0 Å². The van der Waals surface area contributed by atoms with Crippen molar-refractivity contribution in [1.82, 2.24) is 0 Å². The van der Waals surface area contributed by atoms with Crippen molar-refractivity contribution < 1.29 is 0 Å². The zero-order valence-electron chi connectivity index (χ0n) is 58.7. The molecule has 0 amide bonds. The van der Waals surface area contributed by atoms with E-state index in [1.54, 1.807) is 334 Å². The molecule has 28 saturated carbocycles. The van der Waals surface area contributed by atoms with Crippen LogP contribution in [0.25, 0.3) is 0 Å². The fourth-order valence-electron chi connectivity index (χ4n) is 24.8. The number of hydrogen-bond donors (Lipinski definition) is 0. The van der Waals surface area contributed by atoms with Crippen molar-refractivity contribution in [2.24, 2.45) is 130 Å². The lowest BCUT2D eigenvalue weighted by atomic mass is 9.56. The van der Waals surface area contributed by atoms with Gasteiger partial charge in [-0.1, -0.05) is 327 Å². The quantitative estimate of drug-likeness (QED) is 0.227. The average Bonchev–Trinajstić information content (AvgIpc) is 4.60. The van der Waals surface area contributed by atoms with Crippen molar-refractivity contribution in [2.45, 2.75) is 417 Å². The van der Waals surface area contributed by atoms with Crippen LogP contribution in [0.2, 0.25) is 0 Å². The van der Waals surface area contributed by atoms with Gasteiger partial charge in [0.15, 0.2) is 0 Å². The average molecular weight is 1200 g/mol. The van der Waals surface area contributed by atoms with E-state index in [1.165, 1.54) is 143 Å². The number of hydrogen-bond acceptors (Lipinski definition) is 0. The lowest BCUT2D eigenvalue weighted by molar-refractivity contribution is 0.0198. The molecule has 500 valence electrons. The summed E-state index contributed by atoms with van der Waals surface area (Å²) in [6.45, 7) is 0. The summed E-state index contributed by atoms with van der Waals surface area (Å²) in [6, 6.07) is 0. The zero-order chi connectivity index (χ0) is 58.7. The second-order valence-corrected chi connectivity index (χ2v) is 37.9. The molecular weight excluding hydrogens is 1040 g/mol. The fraction of sp³-hybridized carbons (Fsp3) is 1.00. The molecule has 0 aromatic carbocycles. The molecule has 0 nitrogen and oxygen atoms in total. The van der Waals surface area contributed by atoms with Gasteiger partial charge in [0.05, 0.1) is 0 Å². The van der Waals surface area contributed by atoms with Crippen LogP contribution in [0.4, 0.5) is 0 Å². The van der Waals surface area contributed by atoms with E-state index in [0.717, 1.165) is 71.0 Å². The van der Waals surface area contributed by atoms with Crippen LogP contribution in [0, 0.1) is 130 Å². The van der Waals surface area contributed by atoms with Crippen LogP contribution >= 0.6 is 0 Å². The highest BCUT2D eigenvalue weighted by atomic mass is 14.5. The van der Waals surface area contributed by atoms with Crippen molar-refractivity contribution in [1.29, 1.82) is 0 Å². The minimum absolute atomic E-state index is 1.14. The maximum atomic E-state index is 1.58. The van der Waals surface area contributed by atoms with Crippen LogP contribution in [0.3, 0.4) is 0 Å². The van der Waals surface area contributed by atoms with Gasteiger partial charge in [-0.2, -0.15) is 0 Å². The van der Waals surface area contributed by atoms with E-state index >= 15 is 0 Å². The third-order valence-electron chi connectivity index (χ3n) is 31.2. The van der Waals surface area contributed by atoms with Gasteiger partial charge >= 0.3 is 0 Å². The van der Waals surface area contributed by atoms with E-state index in [-0.39, 0.29) is 0 Å². The molecule has 28 aliphatic rings. The zero-order valence-corrected chi connectivity index (χ0v) is 58.7. The normalized spacial score (nSPS) is 45.2. The third-order valence-corrected chi connectivity index (χ3v) is 31.2. The number of fused-ring (bicyclic) bond motifs is 24. The van der Waals surface area contributed by atoms with Gasteiger partial charge in [-0.25, -0.2) is 0 Å². The van der Waals surface area contributed by atoms with E-state index < -0.39 is 0 Å². The van der Waals surface area contributed by atoms with Gasteiger partial charge in [0, 0.05) is 0 Å². The fourth-order valence-corrected chi connectivity index (χ4v) is 24.8. The van der Waals surface area contributed by atoms with Crippen LogP contribution in [-0.4, -0.2) is 0 Å². The standard InChI is InChI=1S/2C10H18.2C9H16.3C8H14.2C7H12.C6H10.C5H8/c1-2-5-10-7-3-6-9(4-1)8-10;1-2-4-10-7-5-9(3-1)6-8-10;1-3-8-5-2-6-9(4-1)7-8;1-2-4-9-6-5-8(3-1)7-9;1-2-8-5-3-7(1)4-6-8;1-2-7-4-5-8(3-1)6-7;1-2-4-8-5-7(3-1)6-8;1-2-7-4-3-6(1)5-7;1-2-6-4-7(3-1)5-6;1-2-6-3-5(1)4-6;1-4-2-5(1)3-4/h2*9-10H,1-8H2;2*8-9H,1-7H2;3*7-8H,1-6H2;2*6-7H,1-5H2;5-6H,1-4H2;4-5H,1-3H2. The molecule has 0 aromatic rings. The topological polar surface area (TPSA) is 0 Å². The number of rotatable bonds is 0. The highest BCUT2D eigenvalue weighted by molar-refractivity contribution is 4.93. The minimum atomic E-state index is 1.14. The van der Waals surface area contributed by atoms with E-state index in [1.807, 2.05) is 0 Å². The Kier molecular flexibility index (Phi) is 27.9. The Labute approximate surface area is 544 Å². The molecule has 0 heteroatoms. The van der Waals surface area contributed by atoms with Gasteiger partial charge in [0.2, 0.25) is 0 Å². The minimum Gasteiger partial charge on any atom is -0.0530 e. The van der Waals surface area contributed by atoms with Gasteiger partial charge in [-0.05, 0) is 220 Å². The lowest BCUT2D eigenvalue weighted by Gasteiger charge is -2.49. The molecule has 0 N–H and O–H groups in total. The van der Waals surface area contributed by atoms with Crippen LogP contribution in [0.15, 0.2) is 0 Å². The summed E-state index contributed by atoms with van der Waals surface area (Å²) < 4.78 is 0. The SMILES string of the molecule is C1C2CC1C2.C1CC2CC(C1)C2.C1CC2CC1C2.C1CC2CCC(C1)C2.C1CC2CCC1C2.C1CC2CCC1CC2.C1CC2CCCC(C1)C2.C1CCC2CC(C1)C2.C1CCC2CCC(C1)C2.C1CCC2CCC(C1)CC2.C1CCC2CCCC(C1)C2. The molecule has 22 bridgehead atoms. The van der Waals surface area contributed by atoms with Crippen molar-refractivity contribution in [3.05, 3.63) is 0 Å². The molecule has 0 heterocycles. The van der Waals surface area contributed by atoms with E-state index in [4.69, 9.17) is 0 Å². The Hall–Kier alpha value is 0. The van der Waals surface area contributed by atoms with Crippen LogP contribution in [-0.2, 0) is 0 Å². The van der Waals surface area contributed by atoms with Crippen LogP contribution in [0.5, 0.6) is 0 Å². The van der Waals surface area contributed by atoms with Gasteiger partial charge < -0.3 is 0 Å². The summed E-state index contributed by atoms with van der Waals surface area (Å²) in [7, 11) is 0.